The van der Waals surface area contributed by atoms with E-state index in [1.807, 2.05) is 13.0 Å². The minimum Gasteiger partial charge on any atom is -0.489 e. The molecule has 0 fully saturated rings. The number of rotatable bonds is 7. The maximum Gasteiger partial charge on any atom is 0.300 e. The Labute approximate surface area is 178 Å². The fourth-order valence-corrected chi connectivity index (χ4v) is 2.71. The van der Waals surface area contributed by atoms with Gasteiger partial charge in [-0.05, 0) is 43.3 Å². The molecule has 8 heteroatoms. The summed E-state index contributed by atoms with van der Waals surface area (Å²) in [6, 6.07) is 9.32. The van der Waals surface area contributed by atoms with Crippen LogP contribution in [0.25, 0.3) is 11.4 Å². The Balaban J connectivity index is 1.80. The minimum atomic E-state index is -0.615. The Morgan fingerprint density at radius 1 is 1.27 bits per heavy atom. The van der Waals surface area contributed by atoms with E-state index in [1.54, 1.807) is 24.5 Å². The molecule has 1 amide bonds. The molecule has 0 atom stereocenters. The molecule has 0 aliphatic heterocycles. The van der Waals surface area contributed by atoms with Gasteiger partial charge in [0, 0.05) is 35.5 Å². The standard InChI is InChI=1S/C22H19ClFN3O3/c1-2-29-11-12-30-20-7-4-16(22-25-9-10-26-22)13-19(20)27-21(28)8-5-15-3-6-17(23)14-18(15)24/h3-4,6-7,9-10,13-14H,2,11-12H2,1H3,(H,25,26)(H,27,28). The highest BCUT2D eigenvalue weighted by molar-refractivity contribution is 6.30. The average Bonchev–Trinajstić information content (AvgIpc) is 3.26. The maximum absolute atomic E-state index is 13.8. The second-order valence-corrected chi connectivity index (χ2v) is 6.46. The zero-order chi connectivity index (χ0) is 21.3. The Kier molecular flexibility index (Phi) is 7.44. The van der Waals surface area contributed by atoms with Crippen LogP contribution < -0.4 is 10.1 Å². The maximum atomic E-state index is 13.8. The number of hydrogen-bond acceptors (Lipinski definition) is 4. The molecule has 1 aromatic heterocycles. The van der Waals surface area contributed by atoms with Crippen LogP contribution in [0.1, 0.15) is 12.5 Å². The quantitative estimate of drug-likeness (QED) is 0.436. The predicted octanol–water partition coefficient (Wildman–Crippen LogP) is 4.27. The zero-order valence-electron chi connectivity index (χ0n) is 16.2. The summed E-state index contributed by atoms with van der Waals surface area (Å²) in [5.41, 5.74) is 1.24. The van der Waals surface area contributed by atoms with E-state index in [0.717, 1.165) is 11.6 Å². The number of amides is 1. The van der Waals surface area contributed by atoms with Crippen molar-refractivity contribution in [1.29, 1.82) is 0 Å². The number of imidazole rings is 1. The third-order valence-electron chi connectivity index (χ3n) is 3.93. The number of nitrogens with one attached hydrogen (secondary N) is 2. The van der Waals surface area contributed by atoms with Crippen molar-refractivity contribution in [2.75, 3.05) is 25.1 Å². The van der Waals surface area contributed by atoms with E-state index in [0.29, 0.717) is 37.1 Å². The van der Waals surface area contributed by atoms with Gasteiger partial charge in [-0.1, -0.05) is 17.5 Å². The number of aromatic amines is 1. The van der Waals surface area contributed by atoms with Crippen molar-refractivity contribution in [2.24, 2.45) is 0 Å². The van der Waals surface area contributed by atoms with Crippen LogP contribution in [0, 0.1) is 17.7 Å². The molecule has 0 saturated heterocycles. The largest absolute Gasteiger partial charge is 0.489 e. The zero-order valence-corrected chi connectivity index (χ0v) is 16.9. The molecule has 1 heterocycles. The summed E-state index contributed by atoms with van der Waals surface area (Å²) in [6.07, 6.45) is 3.33. The van der Waals surface area contributed by atoms with Crippen LogP contribution in [0.3, 0.4) is 0 Å². The lowest BCUT2D eigenvalue weighted by atomic mass is 10.1. The van der Waals surface area contributed by atoms with Crippen LogP contribution in [0.5, 0.6) is 5.75 Å². The van der Waals surface area contributed by atoms with E-state index in [1.165, 1.54) is 12.1 Å². The summed E-state index contributed by atoms with van der Waals surface area (Å²) in [5, 5.41) is 2.94. The van der Waals surface area contributed by atoms with Gasteiger partial charge in [0.25, 0.3) is 0 Å². The van der Waals surface area contributed by atoms with E-state index >= 15 is 0 Å². The number of carbonyl (C=O) groups excluding carboxylic acids is 1. The number of anilines is 1. The molecule has 0 unspecified atom stereocenters. The summed E-state index contributed by atoms with van der Waals surface area (Å²) in [5.74, 6) is 4.77. The lowest BCUT2D eigenvalue weighted by molar-refractivity contribution is -0.111. The molecule has 0 saturated carbocycles. The van der Waals surface area contributed by atoms with Crippen LogP contribution in [-0.2, 0) is 9.53 Å². The first-order valence-electron chi connectivity index (χ1n) is 9.19. The molecule has 3 aromatic rings. The molecule has 154 valence electrons. The van der Waals surface area contributed by atoms with Gasteiger partial charge in [0.05, 0.1) is 17.9 Å². The SMILES string of the molecule is CCOCCOc1ccc(-c2ncc[nH]2)cc1NC(=O)C#Cc1ccc(Cl)cc1F. The molecule has 3 rings (SSSR count). The molecule has 6 nitrogen and oxygen atoms in total. The van der Waals surface area contributed by atoms with Crippen molar-refractivity contribution < 1.29 is 18.7 Å². The number of aromatic nitrogens is 2. The highest BCUT2D eigenvalue weighted by Crippen LogP contribution is 2.29. The van der Waals surface area contributed by atoms with Gasteiger partial charge < -0.3 is 19.8 Å². The van der Waals surface area contributed by atoms with Gasteiger partial charge in [-0.3, -0.25) is 4.79 Å². The van der Waals surface area contributed by atoms with Crippen molar-refractivity contribution in [3.63, 3.8) is 0 Å². The van der Waals surface area contributed by atoms with Gasteiger partial charge in [0.15, 0.2) is 0 Å². The lowest BCUT2D eigenvalue weighted by Crippen LogP contribution is -2.12. The summed E-state index contributed by atoms with van der Waals surface area (Å²) in [6.45, 7) is 3.21. The molecule has 0 bridgehead atoms. The van der Waals surface area contributed by atoms with E-state index in [4.69, 9.17) is 21.1 Å². The number of ether oxygens (including phenoxy) is 2. The molecule has 0 spiro atoms. The van der Waals surface area contributed by atoms with Crippen LogP contribution in [0.15, 0.2) is 48.8 Å². The van der Waals surface area contributed by atoms with Gasteiger partial charge in [0.1, 0.15) is 24.0 Å². The molecular weight excluding hydrogens is 409 g/mol. The van der Waals surface area contributed by atoms with Gasteiger partial charge in [0.2, 0.25) is 0 Å². The van der Waals surface area contributed by atoms with Crippen molar-refractivity contribution in [3.05, 3.63) is 65.2 Å². The van der Waals surface area contributed by atoms with E-state index in [9.17, 15) is 9.18 Å². The molecule has 2 aromatic carbocycles. The number of benzene rings is 2. The number of hydrogen-bond donors (Lipinski definition) is 2. The minimum absolute atomic E-state index is 0.0760. The first-order valence-corrected chi connectivity index (χ1v) is 9.57. The number of nitrogens with zero attached hydrogens (tertiary/aromatic N) is 1. The Hall–Kier alpha value is -3.34. The van der Waals surface area contributed by atoms with Crippen molar-refractivity contribution in [3.8, 4) is 29.0 Å². The third-order valence-corrected chi connectivity index (χ3v) is 4.17. The van der Waals surface area contributed by atoms with Gasteiger partial charge >= 0.3 is 5.91 Å². The van der Waals surface area contributed by atoms with Crippen LogP contribution in [0.2, 0.25) is 5.02 Å². The smallest absolute Gasteiger partial charge is 0.300 e. The highest BCUT2D eigenvalue weighted by atomic mass is 35.5. The van der Waals surface area contributed by atoms with Crippen molar-refractivity contribution in [1.82, 2.24) is 9.97 Å². The monoisotopic (exact) mass is 427 g/mol. The first-order chi connectivity index (χ1) is 14.6. The summed E-state index contributed by atoms with van der Waals surface area (Å²) in [4.78, 5) is 19.6. The van der Waals surface area contributed by atoms with Crippen molar-refractivity contribution >= 4 is 23.2 Å². The lowest BCUT2D eigenvalue weighted by Gasteiger charge is -2.12. The molecule has 2 N–H and O–H groups in total. The number of H-pyrrole nitrogens is 1. The predicted molar refractivity (Wildman–Crippen MR) is 113 cm³/mol. The average molecular weight is 428 g/mol. The highest BCUT2D eigenvalue weighted by Gasteiger charge is 2.11. The van der Waals surface area contributed by atoms with Crippen LogP contribution in [-0.4, -0.2) is 35.7 Å². The fraction of sp³-hybridized carbons (Fsp3) is 0.182. The van der Waals surface area contributed by atoms with Crippen LogP contribution in [0.4, 0.5) is 10.1 Å². The second kappa shape index (κ2) is 10.4. The molecule has 0 aliphatic carbocycles. The summed E-state index contributed by atoms with van der Waals surface area (Å²) in [7, 11) is 0. The van der Waals surface area contributed by atoms with E-state index in [2.05, 4.69) is 27.1 Å². The van der Waals surface area contributed by atoms with Gasteiger partial charge in [-0.15, -0.1) is 0 Å². The van der Waals surface area contributed by atoms with Crippen molar-refractivity contribution in [2.45, 2.75) is 6.92 Å². The second-order valence-electron chi connectivity index (χ2n) is 6.02. The van der Waals surface area contributed by atoms with Gasteiger partial charge in [-0.25, -0.2) is 9.37 Å². The first kappa shape index (κ1) is 21.4. The number of carbonyl (C=O) groups is 1. The molecule has 0 radical (unpaired) electrons. The van der Waals surface area contributed by atoms with Crippen LogP contribution >= 0.6 is 11.6 Å². The molecule has 30 heavy (non-hydrogen) atoms. The van der Waals surface area contributed by atoms with E-state index < -0.39 is 11.7 Å². The molecular formula is C22H19ClFN3O3. The Bertz CT molecular complexity index is 1070. The fourth-order valence-electron chi connectivity index (χ4n) is 2.55. The summed E-state index contributed by atoms with van der Waals surface area (Å²) >= 11 is 5.72. The Morgan fingerprint density at radius 2 is 2.13 bits per heavy atom. The Morgan fingerprint density at radius 3 is 2.87 bits per heavy atom. The molecule has 0 aliphatic rings. The van der Waals surface area contributed by atoms with E-state index in [-0.39, 0.29) is 10.6 Å². The third kappa shape index (κ3) is 5.83. The summed E-state index contributed by atoms with van der Waals surface area (Å²) < 4.78 is 24.8. The number of halogens is 2. The topological polar surface area (TPSA) is 76.2 Å². The van der Waals surface area contributed by atoms with Gasteiger partial charge in [-0.2, -0.15) is 0 Å². The normalized spacial score (nSPS) is 10.2.